The predicted octanol–water partition coefficient (Wildman–Crippen LogP) is 3.85. The minimum atomic E-state index is 0.356. The normalized spacial score (nSPS) is 25.7. The van der Waals surface area contributed by atoms with Crippen LogP contribution in [-0.4, -0.2) is 25.8 Å². The van der Waals surface area contributed by atoms with Crippen LogP contribution in [0.4, 0.5) is 0 Å². The van der Waals surface area contributed by atoms with Crippen LogP contribution in [0.1, 0.15) is 60.3 Å². The molecule has 2 nitrogen and oxygen atoms in total. The zero-order chi connectivity index (χ0) is 13.6. The fourth-order valence-corrected chi connectivity index (χ4v) is 2.91. The Morgan fingerprint density at radius 1 is 1.11 bits per heavy atom. The lowest BCUT2D eigenvalue weighted by molar-refractivity contribution is 0.0793. The maximum atomic E-state index is 5.53. The highest BCUT2D eigenvalue weighted by Crippen LogP contribution is 2.39. The molecule has 0 aromatic rings. The molecule has 1 aliphatic carbocycles. The van der Waals surface area contributed by atoms with Crippen LogP contribution < -0.4 is 5.32 Å². The summed E-state index contributed by atoms with van der Waals surface area (Å²) in [5.41, 5.74) is 0.503. The molecule has 0 unspecified atom stereocenters. The predicted molar refractivity (Wildman–Crippen MR) is 78.9 cm³/mol. The molecule has 108 valence electrons. The molecule has 0 radical (unpaired) electrons. The lowest BCUT2D eigenvalue weighted by Gasteiger charge is -2.37. The van der Waals surface area contributed by atoms with Crippen LogP contribution in [0, 0.1) is 17.3 Å². The first-order chi connectivity index (χ1) is 8.39. The average Bonchev–Trinajstić information content (AvgIpc) is 2.27. The average molecular weight is 255 g/mol. The molecule has 0 aromatic heterocycles. The summed E-state index contributed by atoms with van der Waals surface area (Å²) in [6.45, 7) is 14.4. The fraction of sp³-hybridized carbons (Fsp3) is 1.00. The van der Waals surface area contributed by atoms with Crippen LogP contribution >= 0.6 is 0 Å². The first-order valence-electron chi connectivity index (χ1n) is 7.72. The van der Waals surface area contributed by atoms with Crippen molar-refractivity contribution >= 4 is 0 Å². The zero-order valence-electron chi connectivity index (χ0n) is 13.1. The van der Waals surface area contributed by atoms with E-state index in [2.05, 4.69) is 39.9 Å². The summed E-state index contributed by atoms with van der Waals surface area (Å²) < 4.78 is 5.53. The van der Waals surface area contributed by atoms with Gasteiger partial charge in [0.1, 0.15) is 0 Å². The Morgan fingerprint density at radius 3 is 2.22 bits per heavy atom. The Morgan fingerprint density at radius 2 is 1.72 bits per heavy atom. The van der Waals surface area contributed by atoms with Crippen molar-refractivity contribution in [1.82, 2.24) is 5.32 Å². The molecule has 1 N–H and O–H groups in total. The molecule has 0 amide bonds. The summed E-state index contributed by atoms with van der Waals surface area (Å²) in [6, 6.07) is 0. The number of ether oxygens (including phenoxy) is 1. The minimum absolute atomic E-state index is 0.356. The molecular formula is C16H33NO. The quantitative estimate of drug-likeness (QED) is 0.728. The van der Waals surface area contributed by atoms with Gasteiger partial charge in [-0.3, -0.25) is 0 Å². The van der Waals surface area contributed by atoms with Gasteiger partial charge in [-0.15, -0.1) is 0 Å². The van der Waals surface area contributed by atoms with E-state index in [1.807, 2.05) is 0 Å². The molecule has 1 rings (SSSR count). The minimum Gasteiger partial charge on any atom is -0.377 e. The Kier molecular flexibility index (Phi) is 6.65. The third-order valence-corrected chi connectivity index (χ3v) is 4.23. The summed E-state index contributed by atoms with van der Waals surface area (Å²) in [7, 11) is 0. The number of nitrogens with one attached hydrogen (secondary N) is 1. The van der Waals surface area contributed by atoms with Crippen LogP contribution in [0.3, 0.4) is 0 Å². The Hall–Kier alpha value is -0.0800. The Labute approximate surface area is 114 Å². The van der Waals surface area contributed by atoms with Gasteiger partial charge in [-0.25, -0.2) is 0 Å². The van der Waals surface area contributed by atoms with Crippen molar-refractivity contribution in [1.29, 1.82) is 0 Å². The van der Waals surface area contributed by atoms with Gasteiger partial charge < -0.3 is 10.1 Å². The van der Waals surface area contributed by atoms with Crippen LogP contribution in [0.15, 0.2) is 0 Å². The molecule has 2 heteroatoms. The van der Waals surface area contributed by atoms with Crippen molar-refractivity contribution in [2.75, 3.05) is 19.7 Å². The monoisotopic (exact) mass is 255 g/mol. The summed E-state index contributed by atoms with van der Waals surface area (Å²) in [5.74, 6) is 1.82. The third kappa shape index (κ3) is 6.19. The van der Waals surface area contributed by atoms with E-state index in [9.17, 15) is 0 Å². The second-order valence-corrected chi connectivity index (χ2v) is 7.21. The smallest absolute Gasteiger partial charge is 0.0594 e. The lowest BCUT2D eigenvalue weighted by Crippen LogP contribution is -2.32. The van der Waals surface area contributed by atoms with Crippen LogP contribution in [0.2, 0.25) is 0 Å². The zero-order valence-corrected chi connectivity index (χ0v) is 13.1. The number of rotatable bonds is 6. The van der Waals surface area contributed by atoms with Gasteiger partial charge in [0, 0.05) is 6.54 Å². The standard InChI is InChI=1S/C16H33NO/c1-13(2)18-11-10-17-12-14-6-8-15(9-7-14)16(3,4)5/h13-15,17H,6-12H2,1-5H3. The molecule has 0 saturated heterocycles. The van der Waals surface area contributed by atoms with E-state index in [1.54, 1.807) is 0 Å². The highest BCUT2D eigenvalue weighted by atomic mass is 16.5. The molecule has 0 heterocycles. The molecule has 1 aliphatic rings. The molecular weight excluding hydrogens is 222 g/mol. The first-order valence-corrected chi connectivity index (χ1v) is 7.72. The molecule has 0 atom stereocenters. The van der Waals surface area contributed by atoms with Gasteiger partial charge in [0.15, 0.2) is 0 Å². The van der Waals surface area contributed by atoms with Crippen molar-refractivity contribution in [2.45, 2.75) is 66.4 Å². The summed E-state index contributed by atoms with van der Waals surface area (Å²) >= 11 is 0. The van der Waals surface area contributed by atoms with E-state index in [-0.39, 0.29) is 0 Å². The molecule has 1 fully saturated rings. The second kappa shape index (κ2) is 7.49. The van der Waals surface area contributed by atoms with Gasteiger partial charge in [-0.1, -0.05) is 20.8 Å². The summed E-state index contributed by atoms with van der Waals surface area (Å²) in [5, 5.41) is 3.54. The van der Waals surface area contributed by atoms with Crippen LogP contribution in [0.5, 0.6) is 0 Å². The van der Waals surface area contributed by atoms with Crippen molar-refractivity contribution in [2.24, 2.45) is 17.3 Å². The lowest BCUT2D eigenvalue weighted by atomic mass is 9.70. The SMILES string of the molecule is CC(C)OCCNCC1CCC(C(C)(C)C)CC1. The van der Waals surface area contributed by atoms with Crippen molar-refractivity contribution in [3.63, 3.8) is 0 Å². The molecule has 0 spiro atoms. The molecule has 18 heavy (non-hydrogen) atoms. The number of hydrogen-bond acceptors (Lipinski definition) is 2. The van der Waals surface area contributed by atoms with Gasteiger partial charge in [-0.05, 0) is 63.3 Å². The van der Waals surface area contributed by atoms with Gasteiger partial charge in [-0.2, -0.15) is 0 Å². The van der Waals surface area contributed by atoms with Gasteiger partial charge in [0.25, 0.3) is 0 Å². The largest absolute Gasteiger partial charge is 0.377 e. The fourth-order valence-electron chi connectivity index (χ4n) is 2.91. The highest BCUT2D eigenvalue weighted by Gasteiger charge is 2.29. The van der Waals surface area contributed by atoms with Crippen molar-refractivity contribution in [3.8, 4) is 0 Å². The van der Waals surface area contributed by atoms with Crippen LogP contribution in [0.25, 0.3) is 0 Å². The van der Waals surface area contributed by atoms with Crippen molar-refractivity contribution in [3.05, 3.63) is 0 Å². The maximum Gasteiger partial charge on any atom is 0.0594 e. The molecule has 1 saturated carbocycles. The van der Waals surface area contributed by atoms with E-state index in [1.165, 1.54) is 32.2 Å². The van der Waals surface area contributed by atoms with Crippen LogP contribution in [-0.2, 0) is 4.74 Å². The van der Waals surface area contributed by atoms with E-state index in [4.69, 9.17) is 4.74 Å². The molecule has 0 aromatic carbocycles. The van der Waals surface area contributed by atoms with E-state index >= 15 is 0 Å². The topological polar surface area (TPSA) is 21.3 Å². The van der Waals surface area contributed by atoms with E-state index in [0.29, 0.717) is 11.5 Å². The molecule has 0 bridgehead atoms. The first kappa shape index (κ1) is 16.0. The van der Waals surface area contributed by atoms with Gasteiger partial charge in [0.2, 0.25) is 0 Å². The van der Waals surface area contributed by atoms with Crippen molar-refractivity contribution < 1.29 is 4.74 Å². The summed E-state index contributed by atoms with van der Waals surface area (Å²) in [4.78, 5) is 0. The van der Waals surface area contributed by atoms with E-state index in [0.717, 1.165) is 25.0 Å². The van der Waals surface area contributed by atoms with E-state index < -0.39 is 0 Å². The number of hydrogen-bond donors (Lipinski definition) is 1. The maximum absolute atomic E-state index is 5.53. The Bertz CT molecular complexity index is 212. The van der Waals surface area contributed by atoms with Gasteiger partial charge in [0.05, 0.1) is 12.7 Å². The second-order valence-electron chi connectivity index (χ2n) is 7.21. The summed E-state index contributed by atoms with van der Waals surface area (Å²) in [6.07, 6.45) is 5.99. The Balaban J connectivity index is 2.06. The highest BCUT2D eigenvalue weighted by molar-refractivity contribution is 4.81. The van der Waals surface area contributed by atoms with Gasteiger partial charge >= 0.3 is 0 Å². The molecule has 0 aliphatic heterocycles. The third-order valence-electron chi connectivity index (χ3n) is 4.23.